The molecule has 0 radical (unpaired) electrons. The van der Waals surface area contributed by atoms with Gasteiger partial charge in [-0.2, -0.15) is 0 Å². The molecule has 0 amide bonds. The Kier molecular flexibility index (Phi) is 3.45. The van der Waals surface area contributed by atoms with Gasteiger partial charge < -0.3 is 24.1 Å². The van der Waals surface area contributed by atoms with E-state index in [-0.39, 0.29) is 12.2 Å². The van der Waals surface area contributed by atoms with Crippen molar-refractivity contribution in [1.29, 1.82) is 0 Å². The van der Waals surface area contributed by atoms with Crippen molar-refractivity contribution < 1.29 is 24.1 Å². The lowest BCUT2D eigenvalue weighted by Gasteiger charge is -2.24. The predicted octanol–water partition coefficient (Wildman–Crippen LogP) is 0.477. The van der Waals surface area contributed by atoms with E-state index < -0.39 is 23.6 Å². The normalized spacial score (nSPS) is 47.4. The highest BCUT2D eigenvalue weighted by atomic mass is 35.5. The van der Waals surface area contributed by atoms with Crippen LogP contribution in [0.15, 0.2) is 0 Å². The van der Waals surface area contributed by atoms with Crippen LogP contribution < -0.4 is 0 Å². The zero-order valence-electron chi connectivity index (χ0n) is 9.55. The van der Waals surface area contributed by atoms with Crippen molar-refractivity contribution >= 4 is 11.6 Å². The van der Waals surface area contributed by atoms with Gasteiger partial charge in [0.05, 0.1) is 6.61 Å². The second-order valence-electron chi connectivity index (χ2n) is 4.50. The SMILES string of the molecule is CO[C@@H]1C(Cl)[C@@H](O)O[C@@H]1[C@H]1COC(C)(C)O1. The lowest BCUT2D eigenvalue weighted by atomic mass is 10.1. The summed E-state index contributed by atoms with van der Waals surface area (Å²) in [6.45, 7) is 4.07. The lowest BCUT2D eigenvalue weighted by molar-refractivity contribution is -0.176. The van der Waals surface area contributed by atoms with Crippen molar-refractivity contribution in [2.24, 2.45) is 0 Å². The van der Waals surface area contributed by atoms with Crippen molar-refractivity contribution in [3.63, 3.8) is 0 Å². The van der Waals surface area contributed by atoms with Gasteiger partial charge in [0.15, 0.2) is 12.1 Å². The first-order valence-electron chi connectivity index (χ1n) is 5.27. The van der Waals surface area contributed by atoms with Crippen LogP contribution in [0, 0.1) is 0 Å². The van der Waals surface area contributed by atoms with Gasteiger partial charge in [0.1, 0.15) is 23.7 Å². The molecule has 0 saturated carbocycles. The number of alkyl halides is 1. The van der Waals surface area contributed by atoms with Crippen LogP contribution in [-0.4, -0.2) is 54.6 Å². The molecule has 0 bridgehead atoms. The van der Waals surface area contributed by atoms with E-state index in [9.17, 15) is 5.11 Å². The predicted molar refractivity (Wildman–Crippen MR) is 56.2 cm³/mol. The Labute approximate surface area is 99.6 Å². The standard InChI is InChI=1S/C10H17ClO5/c1-10(2)14-4-5(16-10)7-8(13-3)6(11)9(12)15-7/h5-9,12H,4H2,1-3H3/t5-,6?,7-,8-,9+/m1/s1. The Hall–Kier alpha value is 0.0900. The molecule has 0 aromatic rings. The van der Waals surface area contributed by atoms with Crippen LogP contribution in [0.2, 0.25) is 0 Å². The molecular weight excluding hydrogens is 236 g/mol. The number of rotatable bonds is 2. The van der Waals surface area contributed by atoms with Gasteiger partial charge in [-0.05, 0) is 13.8 Å². The molecule has 6 heteroatoms. The summed E-state index contributed by atoms with van der Waals surface area (Å²) >= 11 is 5.98. The van der Waals surface area contributed by atoms with Crippen molar-refractivity contribution in [3.8, 4) is 0 Å². The first-order chi connectivity index (χ1) is 7.44. The summed E-state index contributed by atoms with van der Waals surface area (Å²) in [6.07, 6.45) is -2.08. The second-order valence-corrected chi connectivity index (χ2v) is 5.01. The van der Waals surface area contributed by atoms with Gasteiger partial charge in [0, 0.05) is 7.11 Å². The van der Waals surface area contributed by atoms with Crippen molar-refractivity contribution in [2.75, 3.05) is 13.7 Å². The van der Waals surface area contributed by atoms with Crippen LogP contribution in [0.4, 0.5) is 0 Å². The molecule has 0 spiro atoms. The van der Waals surface area contributed by atoms with E-state index in [0.717, 1.165) is 0 Å². The number of aliphatic hydroxyl groups is 1. The van der Waals surface area contributed by atoms with Crippen LogP contribution in [0.5, 0.6) is 0 Å². The molecule has 2 rings (SSSR count). The highest BCUT2D eigenvalue weighted by Gasteiger charge is 2.50. The zero-order valence-corrected chi connectivity index (χ0v) is 10.3. The maximum atomic E-state index is 9.53. The molecule has 2 aliphatic heterocycles. The first-order valence-corrected chi connectivity index (χ1v) is 5.70. The van der Waals surface area contributed by atoms with Crippen LogP contribution in [0.25, 0.3) is 0 Å². The smallest absolute Gasteiger partial charge is 0.174 e. The molecule has 2 aliphatic rings. The molecule has 0 aromatic heterocycles. The fraction of sp³-hybridized carbons (Fsp3) is 1.00. The van der Waals surface area contributed by atoms with Gasteiger partial charge in [0.2, 0.25) is 0 Å². The Balaban J connectivity index is 2.05. The summed E-state index contributed by atoms with van der Waals surface area (Å²) in [7, 11) is 1.54. The molecule has 0 aromatic carbocycles. The Morgan fingerprint density at radius 2 is 2.12 bits per heavy atom. The zero-order chi connectivity index (χ0) is 11.9. The molecule has 94 valence electrons. The number of methoxy groups -OCH3 is 1. The van der Waals surface area contributed by atoms with Gasteiger partial charge >= 0.3 is 0 Å². The third-order valence-electron chi connectivity index (χ3n) is 2.88. The Morgan fingerprint density at radius 3 is 2.62 bits per heavy atom. The van der Waals surface area contributed by atoms with E-state index in [1.807, 2.05) is 13.8 Å². The summed E-state index contributed by atoms with van der Waals surface area (Å²) in [5.41, 5.74) is 0. The highest BCUT2D eigenvalue weighted by molar-refractivity contribution is 6.21. The quantitative estimate of drug-likeness (QED) is 0.725. The molecule has 5 atom stereocenters. The number of hydrogen-bond acceptors (Lipinski definition) is 5. The van der Waals surface area contributed by atoms with Crippen LogP contribution in [-0.2, 0) is 18.9 Å². The molecule has 5 nitrogen and oxygen atoms in total. The molecule has 1 N–H and O–H groups in total. The van der Waals surface area contributed by atoms with E-state index in [1.54, 1.807) is 0 Å². The molecule has 1 unspecified atom stereocenters. The number of ether oxygens (including phenoxy) is 4. The summed E-state index contributed by atoms with van der Waals surface area (Å²) in [5.74, 6) is -0.623. The van der Waals surface area contributed by atoms with E-state index in [4.69, 9.17) is 30.5 Å². The van der Waals surface area contributed by atoms with E-state index in [0.29, 0.717) is 6.61 Å². The minimum atomic E-state index is -1.02. The summed E-state index contributed by atoms with van der Waals surface area (Å²) < 4.78 is 21.7. The second kappa shape index (κ2) is 4.40. The average Bonchev–Trinajstić information content (AvgIpc) is 2.69. The van der Waals surface area contributed by atoms with Crippen molar-refractivity contribution in [2.45, 2.75) is 49.6 Å². The van der Waals surface area contributed by atoms with E-state index >= 15 is 0 Å². The van der Waals surface area contributed by atoms with Gasteiger partial charge in [-0.25, -0.2) is 0 Å². The maximum absolute atomic E-state index is 9.53. The monoisotopic (exact) mass is 252 g/mol. The van der Waals surface area contributed by atoms with Gasteiger partial charge in [-0.3, -0.25) is 0 Å². The minimum absolute atomic E-state index is 0.265. The van der Waals surface area contributed by atoms with Crippen LogP contribution >= 0.6 is 11.6 Å². The van der Waals surface area contributed by atoms with E-state index in [2.05, 4.69) is 0 Å². The summed E-state index contributed by atoms with van der Waals surface area (Å²) in [4.78, 5) is 0. The van der Waals surface area contributed by atoms with Crippen LogP contribution in [0.1, 0.15) is 13.8 Å². The Bertz CT molecular complexity index is 260. The first kappa shape index (κ1) is 12.5. The third-order valence-corrected chi connectivity index (χ3v) is 3.34. The average molecular weight is 253 g/mol. The highest BCUT2D eigenvalue weighted by Crippen LogP contribution is 2.34. The molecule has 2 heterocycles. The third kappa shape index (κ3) is 2.20. The largest absolute Gasteiger partial charge is 0.377 e. The molecule has 0 aliphatic carbocycles. The number of halogens is 1. The van der Waals surface area contributed by atoms with Crippen LogP contribution in [0.3, 0.4) is 0 Å². The van der Waals surface area contributed by atoms with Gasteiger partial charge in [-0.1, -0.05) is 0 Å². The van der Waals surface area contributed by atoms with Crippen molar-refractivity contribution in [3.05, 3.63) is 0 Å². The number of hydrogen-bond donors (Lipinski definition) is 1. The fourth-order valence-corrected chi connectivity index (χ4v) is 2.40. The molecule has 16 heavy (non-hydrogen) atoms. The fourth-order valence-electron chi connectivity index (χ4n) is 2.10. The topological polar surface area (TPSA) is 57.2 Å². The number of aliphatic hydroxyl groups excluding tert-OH is 1. The van der Waals surface area contributed by atoms with Gasteiger partial charge in [-0.15, -0.1) is 11.6 Å². The summed E-state index contributed by atoms with van der Waals surface area (Å²) in [6, 6.07) is 0. The molecule has 2 saturated heterocycles. The molecular formula is C10H17ClO5. The summed E-state index contributed by atoms with van der Waals surface area (Å²) in [5, 5.41) is 8.95. The van der Waals surface area contributed by atoms with Gasteiger partial charge in [0.25, 0.3) is 0 Å². The minimum Gasteiger partial charge on any atom is -0.377 e. The van der Waals surface area contributed by atoms with E-state index in [1.165, 1.54) is 7.11 Å². The molecule has 2 fully saturated rings. The van der Waals surface area contributed by atoms with Crippen molar-refractivity contribution in [1.82, 2.24) is 0 Å². The lowest BCUT2D eigenvalue weighted by Crippen LogP contribution is -2.40. The Morgan fingerprint density at radius 1 is 1.44 bits per heavy atom. The maximum Gasteiger partial charge on any atom is 0.174 e.